The van der Waals surface area contributed by atoms with Crippen molar-refractivity contribution in [3.8, 4) is 28.0 Å². The first-order valence-electron chi connectivity index (χ1n) is 11.6. The maximum Gasteiger partial charge on any atom is 0.125 e. The highest BCUT2D eigenvalue weighted by Gasteiger charge is 2.14. The summed E-state index contributed by atoms with van der Waals surface area (Å²) >= 11 is 0. The molecule has 0 heterocycles. The average molecular weight is 442 g/mol. The molecule has 5 aromatic rings. The third-order valence-corrected chi connectivity index (χ3v) is 6.21. The normalized spacial score (nSPS) is 10.9. The Balaban J connectivity index is 1.33. The lowest BCUT2D eigenvalue weighted by Crippen LogP contribution is -2.14. The molecule has 0 radical (unpaired) electrons. The van der Waals surface area contributed by atoms with Crippen LogP contribution < -0.4 is 5.32 Å². The summed E-state index contributed by atoms with van der Waals surface area (Å²) in [5.41, 5.74) is 7.60. The van der Waals surface area contributed by atoms with Crippen molar-refractivity contribution in [2.24, 2.45) is 0 Å². The third kappa shape index (κ3) is 4.87. The topological polar surface area (TPSA) is 32.3 Å². The van der Waals surface area contributed by atoms with Gasteiger partial charge in [0.2, 0.25) is 0 Å². The summed E-state index contributed by atoms with van der Waals surface area (Å²) in [6.45, 7) is 0.735. The second-order valence-corrected chi connectivity index (χ2v) is 8.43. The van der Waals surface area contributed by atoms with Crippen molar-refractivity contribution in [1.29, 1.82) is 0 Å². The van der Waals surface area contributed by atoms with Gasteiger partial charge in [0.05, 0.1) is 0 Å². The summed E-state index contributed by atoms with van der Waals surface area (Å²) in [5, 5.41) is 14.3. The van der Waals surface area contributed by atoms with E-state index >= 15 is 0 Å². The van der Waals surface area contributed by atoms with E-state index in [2.05, 4.69) is 90.2 Å². The number of hydrogen-bond acceptors (Lipinski definition) is 2. The quantitative estimate of drug-likeness (QED) is 0.268. The average Bonchev–Trinajstić information content (AvgIpc) is 2.91. The Kier molecular flexibility index (Phi) is 6.40. The Bertz CT molecular complexity index is 1290. The Hall–Kier alpha value is -4.30. The van der Waals surface area contributed by atoms with Gasteiger partial charge in [-0.05, 0) is 39.9 Å². The van der Waals surface area contributed by atoms with E-state index in [1.165, 1.54) is 16.7 Å². The molecule has 0 saturated carbocycles. The molecule has 34 heavy (non-hydrogen) atoms. The molecule has 0 spiro atoms. The maximum atomic E-state index is 10.8. The largest absolute Gasteiger partial charge is 0.507 e. The highest BCUT2D eigenvalue weighted by atomic mass is 16.3. The van der Waals surface area contributed by atoms with E-state index in [1.807, 2.05) is 48.5 Å². The van der Waals surface area contributed by atoms with Crippen LogP contribution >= 0.6 is 0 Å². The molecule has 2 N–H and O–H groups in total. The van der Waals surface area contributed by atoms with Gasteiger partial charge < -0.3 is 10.4 Å². The number of aromatic hydroxyl groups is 1. The number of anilines is 1. The molecule has 2 nitrogen and oxygen atoms in total. The molecular weight excluding hydrogens is 414 g/mol. The Morgan fingerprint density at radius 1 is 0.529 bits per heavy atom. The summed E-state index contributed by atoms with van der Waals surface area (Å²) in [5.74, 6) is 0.489. The fraction of sp³-hybridized carbons (Fsp3) is 0.0625. The molecule has 166 valence electrons. The Morgan fingerprint density at radius 2 is 1.03 bits per heavy atom. The van der Waals surface area contributed by atoms with Crippen molar-refractivity contribution in [3.05, 3.63) is 145 Å². The minimum Gasteiger partial charge on any atom is -0.507 e. The van der Waals surface area contributed by atoms with Crippen LogP contribution in [0.1, 0.15) is 17.0 Å². The molecule has 0 bridgehead atoms. The van der Waals surface area contributed by atoms with Gasteiger partial charge in [-0.2, -0.15) is 0 Å². The first-order valence-corrected chi connectivity index (χ1v) is 11.6. The van der Waals surface area contributed by atoms with Crippen molar-refractivity contribution in [2.45, 2.75) is 5.92 Å². The van der Waals surface area contributed by atoms with Crippen molar-refractivity contribution < 1.29 is 5.11 Å². The first-order chi connectivity index (χ1) is 16.8. The third-order valence-electron chi connectivity index (χ3n) is 6.21. The summed E-state index contributed by atoms with van der Waals surface area (Å²) in [4.78, 5) is 0. The SMILES string of the molecule is Oc1cc(NCC(c2ccccc2)c2ccccc2)ccc1-c1ccc(-c2ccccc2)cc1. The molecular formula is C32H27NO. The molecule has 0 aliphatic heterocycles. The van der Waals surface area contributed by atoms with Gasteiger partial charge in [-0.1, -0.05) is 115 Å². The van der Waals surface area contributed by atoms with Crippen molar-refractivity contribution in [3.63, 3.8) is 0 Å². The number of phenols is 1. The van der Waals surface area contributed by atoms with Crippen LogP contribution in [0.4, 0.5) is 5.69 Å². The molecule has 0 aliphatic rings. The van der Waals surface area contributed by atoms with Crippen LogP contribution in [0.3, 0.4) is 0 Å². The monoisotopic (exact) mass is 441 g/mol. The molecule has 5 rings (SSSR count). The van der Waals surface area contributed by atoms with Crippen LogP contribution in [0.15, 0.2) is 133 Å². The van der Waals surface area contributed by atoms with Crippen LogP contribution in [-0.4, -0.2) is 11.7 Å². The fourth-order valence-electron chi connectivity index (χ4n) is 4.38. The first kappa shape index (κ1) is 21.5. The number of nitrogens with one attached hydrogen (secondary N) is 1. The van der Waals surface area contributed by atoms with E-state index in [4.69, 9.17) is 0 Å². The Labute approximate surface area is 201 Å². The number of benzene rings is 5. The van der Waals surface area contributed by atoms with Gasteiger partial charge >= 0.3 is 0 Å². The summed E-state index contributed by atoms with van der Waals surface area (Å²) in [6.07, 6.45) is 0. The van der Waals surface area contributed by atoms with Crippen molar-refractivity contribution in [2.75, 3.05) is 11.9 Å². The molecule has 0 atom stereocenters. The number of rotatable bonds is 7. The van der Waals surface area contributed by atoms with E-state index in [1.54, 1.807) is 0 Å². The number of phenolic OH excluding ortho intramolecular Hbond substituents is 1. The molecule has 0 aromatic heterocycles. The van der Waals surface area contributed by atoms with Crippen LogP contribution in [0, 0.1) is 0 Å². The number of hydrogen-bond donors (Lipinski definition) is 2. The lowest BCUT2D eigenvalue weighted by molar-refractivity contribution is 0.477. The minimum atomic E-state index is 0.217. The fourth-order valence-corrected chi connectivity index (χ4v) is 4.38. The van der Waals surface area contributed by atoms with Crippen LogP contribution in [0.2, 0.25) is 0 Å². The summed E-state index contributed by atoms with van der Waals surface area (Å²) < 4.78 is 0. The van der Waals surface area contributed by atoms with E-state index in [-0.39, 0.29) is 11.7 Å². The van der Waals surface area contributed by atoms with Crippen LogP contribution in [0.25, 0.3) is 22.3 Å². The highest BCUT2D eigenvalue weighted by molar-refractivity contribution is 5.75. The predicted octanol–water partition coefficient (Wildman–Crippen LogP) is 7.97. The van der Waals surface area contributed by atoms with Crippen molar-refractivity contribution >= 4 is 5.69 Å². The molecule has 0 saturated heterocycles. The van der Waals surface area contributed by atoms with Gasteiger partial charge in [-0.25, -0.2) is 0 Å². The molecule has 2 heteroatoms. The van der Waals surface area contributed by atoms with Crippen LogP contribution in [-0.2, 0) is 0 Å². The zero-order chi connectivity index (χ0) is 23.2. The van der Waals surface area contributed by atoms with Crippen molar-refractivity contribution in [1.82, 2.24) is 0 Å². The standard InChI is InChI=1S/C32H27NO/c34-32-22-29(33-23-31(26-12-6-2-7-13-26)27-14-8-3-9-15-27)20-21-30(32)28-18-16-25(17-19-28)24-10-4-1-5-11-24/h1-22,31,33-34H,23H2. The predicted molar refractivity (Wildman–Crippen MR) is 142 cm³/mol. The molecule has 0 amide bonds. The van der Waals surface area contributed by atoms with E-state index in [0.29, 0.717) is 0 Å². The summed E-state index contributed by atoms with van der Waals surface area (Å²) in [7, 11) is 0. The van der Waals surface area contributed by atoms with E-state index < -0.39 is 0 Å². The van der Waals surface area contributed by atoms with Gasteiger partial charge in [0.25, 0.3) is 0 Å². The lowest BCUT2D eigenvalue weighted by atomic mass is 9.91. The smallest absolute Gasteiger partial charge is 0.125 e. The molecule has 0 fully saturated rings. The second-order valence-electron chi connectivity index (χ2n) is 8.43. The minimum absolute atomic E-state index is 0.217. The molecule has 0 unspecified atom stereocenters. The maximum absolute atomic E-state index is 10.8. The van der Waals surface area contributed by atoms with Gasteiger partial charge in [0, 0.05) is 29.8 Å². The zero-order valence-corrected chi connectivity index (χ0v) is 18.9. The van der Waals surface area contributed by atoms with Gasteiger partial charge in [-0.15, -0.1) is 0 Å². The van der Waals surface area contributed by atoms with Gasteiger partial charge in [0.1, 0.15) is 5.75 Å². The Morgan fingerprint density at radius 3 is 1.59 bits per heavy atom. The zero-order valence-electron chi connectivity index (χ0n) is 18.9. The highest BCUT2D eigenvalue weighted by Crippen LogP contribution is 2.33. The van der Waals surface area contributed by atoms with Crippen LogP contribution in [0.5, 0.6) is 5.75 Å². The van der Waals surface area contributed by atoms with Gasteiger partial charge in [-0.3, -0.25) is 0 Å². The lowest BCUT2D eigenvalue weighted by Gasteiger charge is -2.20. The van der Waals surface area contributed by atoms with E-state index in [0.717, 1.165) is 28.9 Å². The summed E-state index contributed by atoms with van der Waals surface area (Å²) in [6, 6.07) is 45.5. The van der Waals surface area contributed by atoms with E-state index in [9.17, 15) is 5.11 Å². The molecule has 0 aliphatic carbocycles. The van der Waals surface area contributed by atoms with Gasteiger partial charge in [0.15, 0.2) is 0 Å². The molecule has 5 aromatic carbocycles. The second kappa shape index (κ2) is 10.1.